The Kier molecular flexibility index (Phi) is 4.56. The molecule has 1 aromatic heterocycles. The van der Waals surface area contributed by atoms with Crippen molar-refractivity contribution in [2.24, 2.45) is 15.8 Å². The number of hydrogen-bond acceptors (Lipinski definition) is 5. The zero-order chi connectivity index (χ0) is 18.4. The van der Waals surface area contributed by atoms with Crippen molar-refractivity contribution in [3.8, 4) is 0 Å². The van der Waals surface area contributed by atoms with Crippen LogP contribution < -0.4 is 0 Å². The summed E-state index contributed by atoms with van der Waals surface area (Å²) in [5.74, 6) is 1.23. The summed E-state index contributed by atoms with van der Waals surface area (Å²) in [6.45, 7) is 19.7. The fourth-order valence-corrected chi connectivity index (χ4v) is 4.11. The molecular formula is C20H32N4O. The molecular weight excluding hydrogens is 312 g/mol. The fraction of sp³-hybridized carbons (Fsp3) is 0.700. The molecule has 0 N–H and O–H groups in total. The highest BCUT2D eigenvalue weighted by molar-refractivity contribution is 5.90. The first-order valence-corrected chi connectivity index (χ1v) is 9.26. The predicted octanol–water partition coefficient (Wildman–Crippen LogP) is 3.94. The molecule has 1 atom stereocenters. The highest BCUT2D eigenvalue weighted by Gasteiger charge is 2.39. The number of fused-ring (bicyclic) bond motifs is 1. The molecule has 5 heteroatoms. The Bertz CT molecular complexity index is 674. The maximum absolute atomic E-state index is 5.14. The summed E-state index contributed by atoms with van der Waals surface area (Å²) < 4.78 is 5.14. The van der Waals surface area contributed by atoms with Crippen molar-refractivity contribution in [2.45, 2.75) is 61.1 Å². The number of amidine groups is 1. The van der Waals surface area contributed by atoms with Gasteiger partial charge in [-0.1, -0.05) is 41.5 Å². The fourth-order valence-electron chi connectivity index (χ4n) is 4.11. The van der Waals surface area contributed by atoms with Crippen LogP contribution in [0.5, 0.6) is 0 Å². The molecule has 0 unspecified atom stereocenters. The first-order chi connectivity index (χ1) is 11.6. The van der Waals surface area contributed by atoms with Gasteiger partial charge in [0.25, 0.3) is 0 Å². The maximum Gasteiger partial charge on any atom is 0.180 e. The Morgan fingerprint density at radius 3 is 2.40 bits per heavy atom. The van der Waals surface area contributed by atoms with E-state index in [1.165, 1.54) is 23.5 Å². The van der Waals surface area contributed by atoms with Gasteiger partial charge in [-0.05, 0) is 17.9 Å². The minimum absolute atomic E-state index is 0.0528. The van der Waals surface area contributed by atoms with Gasteiger partial charge < -0.3 is 9.32 Å². The van der Waals surface area contributed by atoms with E-state index < -0.39 is 0 Å². The Balaban J connectivity index is 1.95. The predicted molar refractivity (Wildman–Crippen MR) is 101 cm³/mol. The van der Waals surface area contributed by atoms with Crippen molar-refractivity contribution in [1.29, 1.82) is 0 Å². The molecule has 1 fully saturated rings. The molecule has 2 aliphatic heterocycles. The molecule has 3 rings (SSSR count). The van der Waals surface area contributed by atoms with Gasteiger partial charge in [-0.15, -0.1) is 0 Å². The second-order valence-electron chi connectivity index (χ2n) is 9.33. The Labute approximate surface area is 151 Å². The van der Waals surface area contributed by atoms with Crippen LogP contribution in [0, 0.1) is 10.8 Å². The van der Waals surface area contributed by atoms with E-state index in [2.05, 4.69) is 63.2 Å². The second-order valence-corrected chi connectivity index (χ2v) is 9.33. The number of oxazole rings is 1. The van der Waals surface area contributed by atoms with Crippen molar-refractivity contribution in [3.63, 3.8) is 0 Å². The lowest BCUT2D eigenvalue weighted by molar-refractivity contribution is 0.192. The van der Waals surface area contributed by atoms with Crippen LogP contribution >= 0.6 is 0 Å². The van der Waals surface area contributed by atoms with Gasteiger partial charge >= 0.3 is 0 Å². The van der Waals surface area contributed by atoms with Crippen LogP contribution in [0.2, 0.25) is 0 Å². The van der Waals surface area contributed by atoms with Crippen molar-refractivity contribution >= 4 is 5.84 Å². The van der Waals surface area contributed by atoms with Crippen LogP contribution in [-0.4, -0.2) is 46.3 Å². The summed E-state index contributed by atoms with van der Waals surface area (Å²) in [4.78, 5) is 14.4. The molecule has 3 heterocycles. The van der Waals surface area contributed by atoms with E-state index in [0.717, 1.165) is 31.9 Å². The van der Waals surface area contributed by atoms with E-state index in [1.54, 1.807) is 6.26 Å². The molecule has 0 aliphatic carbocycles. The van der Waals surface area contributed by atoms with Gasteiger partial charge in [0.1, 0.15) is 12.1 Å². The summed E-state index contributed by atoms with van der Waals surface area (Å²) in [5.41, 5.74) is 4.06. The van der Waals surface area contributed by atoms with Crippen LogP contribution in [0.25, 0.3) is 0 Å². The lowest BCUT2D eigenvalue weighted by atomic mass is 9.78. The Hall–Kier alpha value is -1.62. The van der Waals surface area contributed by atoms with E-state index in [-0.39, 0.29) is 16.9 Å². The van der Waals surface area contributed by atoms with Gasteiger partial charge in [0.2, 0.25) is 0 Å². The van der Waals surface area contributed by atoms with E-state index in [4.69, 9.17) is 9.41 Å². The molecule has 5 nitrogen and oxygen atoms in total. The molecule has 25 heavy (non-hydrogen) atoms. The monoisotopic (exact) mass is 344 g/mol. The second kappa shape index (κ2) is 6.27. The molecule has 1 aromatic rings. The Morgan fingerprint density at radius 2 is 1.84 bits per heavy atom. The third-order valence-electron chi connectivity index (χ3n) is 4.99. The summed E-state index contributed by atoms with van der Waals surface area (Å²) in [7, 11) is 0. The van der Waals surface area contributed by atoms with Crippen molar-refractivity contribution in [1.82, 2.24) is 14.8 Å². The van der Waals surface area contributed by atoms with E-state index in [9.17, 15) is 0 Å². The van der Waals surface area contributed by atoms with Crippen LogP contribution in [0.1, 0.15) is 54.2 Å². The largest absolute Gasteiger partial charge is 0.451 e. The number of rotatable bonds is 2. The molecule has 0 bridgehead atoms. The first-order valence-electron chi connectivity index (χ1n) is 9.26. The van der Waals surface area contributed by atoms with Crippen molar-refractivity contribution in [2.75, 3.05) is 19.6 Å². The minimum atomic E-state index is 0.0528. The lowest BCUT2D eigenvalue weighted by Crippen LogP contribution is -2.53. The average molecular weight is 345 g/mol. The number of aliphatic imine (C=N–C) groups is 1. The van der Waals surface area contributed by atoms with Gasteiger partial charge in [0.15, 0.2) is 6.39 Å². The van der Waals surface area contributed by atoms with Gasteiger partial charge in [-0.2, -0.15) is 0 Å². The third kappa shape index (κ3) is 3.66. The SMILES string of the molecule is C[C@@H]1N=C(C(C)(C)C)N2CCN(Cc3cocn3)CC2=C1C(C)(C)C. The molecule has 0 radical (unpaired) electrons. The number of aromatic nitrogens is 1. The molecule has 138 valence electrons. The summed E-state index contributed by atoms with van der Waals surface area (Å²) in [6.07, 6.45) is 3.26. The third-order valence-corrected chi connectivity index (χ3v) is 4.99. The number of nitrogens with zero attached hydrogens (tertiary/aromatic N) is 4. The van der Waals surface area contributed by atoms with Crippen molar-refractivity contribution in [3.05, 3.63) is 29.6 Å². The maximum atomic E-state index is 5.14. The quantitative estimate of drug-likeness (QED) is 0.815. The summed E-state index contributed by atoms with van der Waals surface area (Å²) in [6, 6.07) is 0.229. The normalized spacial score (nSPS) is 22.9. The number of piperazine rings is 1. The molecule has 0 spiro atoms. The van der Waals surface area contributed by atoms with Gasteiger partial charge in [-0.25, -0.2) is 4.98 Å². The standard InChI is InChI=1S/C20H32N4O/c1-14-17(19(2,3)4)16-11-23(10-15-12-25-13-21-15)8-9-24(16)18(22-14)20(5,6)7/h12-14H,8-11H2,1-7H3/t14-/m0/s1. The minimum Gasteiger partial charge on any atom is -0.451 e. The van der Waals surface area contributed by atoms with Gasteiger partial charge in [0, 0.05) is 37.3 Å². The zero-order valence-corrected chi connectivity index (χ0v) is 16.8. The number of hydrogen-bond donors (Lipinski definition) is 0. The summed E-state index contributed by atoms with van der Waals surface area (Å²) >= 11 is 0. The van der Waals surface area contributed by atoms with E-state index >= 15 is 0 Å². The highest BCUT2D eigenvalue weighted by atomic mass is 16.3. The van der Waals surface area contributed by atoms with Crippen LogP contribution in [0.15, 0.2) is 33.3 Å². The van der Waals surface area contributed by atoms with Gasteiger partial charge in [0.05, 0.1) is 11.7 Å². The zero-order valence-electron chi connectivity index (χ0n) is 16.8. The topological polar surface area (TPSA) is 44.9 Å². The smallest absolute Gasteiger partial charge is 0.180 e. The molecule has 2 aliphatic rings. The first kappa shape index (κ1) is 18.2. The Morgan fingerprint density at radius 1 is 1.12 bits per heavy atom. The average Bonchev–Trinajstić information content (AvgIpc) is 2.96. The van der Waals surface area contributed by atoms with Crippen LogP contribution in [0.3, 0.4) is 0 Å². The van der Waals surface area contributed by atoms with Crippen LogP contribution in [0.4, 0.5) is 0 Å². The molecule has 0 amide bonds. The molecule has 0 saturated carbocycles. The van der Waals surface area contributed by atoms with E-state index in [1.807, 2.05) is 0 Å². The molecule has 1 saturated heterocycles. The molecule has 0 aromatic carbocycles. The lowest BCUT2D eigenvalue weighted by Gasteiger charge is -2.48. The summed E-state index contributed by atoms with van der Waals surface area (Å²) in [5, 5.41) is 0. The highest BCUT2D eigenvalue weighted by Crippen LogP contribution is 2.40. The van der Waals surface area contributed by atoms with Crippen LogP contribution in [-0.2, 0) is 6.54 Å². The van der Waals surface area contributed by atoms with Gasteiger partial charge in [-0.3, -0.25) is 9.89 Å². The van der Waals surface area contributed by atoms with E-state index in [0.29, 0.717) is 0 Å². The van der Waals surface area contributed by atoms with Crippen molar-refractivity contribution < 1.29 is 4.42 Å².